The molecule has 0 bridgehead atoms. The lowest BCUT2D eigenvalue weighted by Crippen LogP contribution is -2.29. The highest BCUT2D eigenvalue weighted by Gasteiger charge is 2.22. The molecule has 8 nitrogen and oxygen atoms in total. The summed E-state index contributed by atoms with van der Waals surface area (Å²) in [7, 11) is -4.74. The van der Waals surface area contributed by atoms with E-state index in [0.717, 1.165) is 32.1 Å². The Kier molecular flexibility index (Phi) is 33.2. The summed E-state index contributed by atoms with van der Waals surface area (Å²) in [6.45, 7) is 3.66. The van der Waals surface area contributed by atoms with Crippen molar-refractivity contribution in [3.8, 4) is 0 Å². The summed E-state index contributed by atoms with van der Waals surface area (Å²) in [6.07, 6.45) is 34.2. The van der Waals surface area contributed by atoms with Gasteiger partial charge in [-0.1, -0.05) is 181 Å². The van der Waals surface area contributed by atoms with Crippen LogP contribution in [0.2, 0.25) is 0 Å². The van der Waals surface area contributed by atoms with Crippen molar-refractivity contribution in [1.29, 1.82) is 0 Å². The van der Waals surface area contributed by atoms with Gasteiger partial charge in [0.1, 0.15) is 6.61 Å². The Labute approximate surface area is 283 Å². The average Bonchev–Trinajstić information content (AvgIpc) is 3.02. The molecule has 46 heavy (non-hydrogen) atoms. The molecule has 9 heteroatoms. The Morgan fingerprint density at radius 1 is 0.478 bits per heavy atom. The van der Waals surface area contributed by atoms with Crippen molar-refractivity contribution in [2.24, 2.45) is 0 Å². The Balaban J connectivity index is 3.81. The fourth-order valence-corrected chi connectivity index (χ4v) is 6.09. The third-order valence-electron chi connectivity index (χ3n) is 8.63. The van der Waals surface area contributed by atoms with Gasteiger partial charge in [-0.2, -0.15) is 0 Å². The lowest BCUT2D eigenvalue weighted by molar-refractivity contribution is -0.161. The third kappa shape index (κ3) is 35.9. The van der Waals surface area contributed by atoms with Crippen molar-refractivity contribution in [1.82, 2.24) is 0 Å². The Morgan fingerprint density at radius 2 is 0.783 bits per heavy atom. The predicted molar refractivity (Wildman–Crippen MR) is 189 cm³/mol. The number of phosphoric ester groups is 1. The van der Waals surface area contributed by atoms with Gasteiger partial charge in [0.2, 0.25) is 0 Å². The molecule has 0 saturated carbocycles. The molecular formula is C37H73O8P. The summed E-state index contributed by atoms with van der Waals surface area (Å²) < 4.78 is 26.2. The zero-order valence-electron chi connectivity index (χ0n) is 30.0. The van der Waals surface area contributed by atoms with Crippen molar-refractivity contribution in [2.45, 2.75) is 213 Å². The van der Waals surface area contributed by atoms with Gasteiger partial charge in [-0.3, -0.25) is 14.1 Å². The fraction of sp³-hybridized carbons (Fsp3) is 0.946. The Bertz CT molecular complexity index is 726. The normalized spacial score (nSPS) is 12.3. The summed E-state index contributed by atoms with van der Waals surface area (Å²) in [6, 6.07) is 0. The molecule has 0 aromatic heterocycles. The van der Waals surface area contributed by atoms with E-state index in [-0.39, 0.29) is 19.4 Å². The van der Waals surface area contributed by atoms with Crippen LogP contribution in [0.5, 0.6) is 0 Å². The lowest BCUT2D eigenvalue weighted by atomic mass is 10.0. The van der Waals surface area contributed by atoms with Gasteiger partial charge >= 0.3 is 19.8 Å². The molecule has 0 aliphatic heterocycles. The van der Waals surface area contributed by atoms with Crippen molar-refractivity contribution in [2.75, 3.05) is 13.2 Å². The molecule has 1 atom stereocenters. The van der Waals surface area contributed by atoms with E-state index in [9.17, 15) is 14.2 Å². The van der Waals surface area contributed by atoms with Crippen molar-refractivity contribution in [3.05, 3.63) is 0 Å². The third-order valence-corrected chi connectivity index (χ3v) is 9.11. The summed E-state index contributed by atoms with van der Waals surface area (Å²) in [4.78, 5) is 42.5. The van der Waals surface area contributed by atoms with Crippen LogP contribution in [0.15, 0.2) is 0 Å². The molecule has 0 aromatic carbocycles. The molecule has 0 radical (unpaired) electrons. The molecule has 1 unspecified atom stereocenters. The number of esters is 2. The van der Waals surface area contributed by atoms with Crippen LogP contribution in [0.25, 0.3) is 0 Å². The quantitative estimate of drug-likeness (QED) is 0.0382. The summed E-state index contributed by atoms with van der Waals surface area (Å²) in [5.41, 5.74) is 0. The number of ether oxygens (including phenoxy) is 2. The van der Waals surface area contributed by atoms with Crippen LogP contribution in [0, 0.1) is 0 Å². The predicted octanol–water partition coefficient (Wildman–Crippen LogP) is 11.3. The van der Waals surface area contributed by atoms with E-state index in [1.807, 2.05) is 0 Å². The van der Waals surface area contributed by atoms with E-state index in [2.05, 4.69) is 18.4 Å². The minimum absolute atomic E-state index is 0.220. The first-order valence-electron chi connectivity index (χ1n) is 19.3. The highest BCUT2D eigenvalue weighted by molar-refractivity contribution is 7.46. The van der Waals surface area contributed by atoms with Crippen LogP contribution in [0.4, 0.5) is 0 Å². The second kappa shape index (κ2) is 33.9. The molecule has 0 aromatic rings. The number of carbonyl (C=O) groups excluding carboxylic acids is 2. The Morgan fingerprint density at radius 3 is 1.11 bits per heavy atom. The number of carbonyl (C=O) groups is 2. The fourth-order valence-electron chi connectivity index (χ4n) is 5.73. The van der Waals surface area contributed by atoms with Crippen molar-refractivity contribution >= 4 is 19.8 Å². The molecule has 0 spiro atoms. The van der Waals surface area contributed by atoms with E-state index >= 15 is 0 Å². The molecule has 0 rings (SSSR count). The summed E-state index contributed by atoms with van der Waals surface area (Å²) in [5, 5.41) is 0. The minimum atomic E-state index is -4.74. The first-order valence-corrected chi connectivity index (χ1v) is 20.9. The van der Waals surface area contributed by atoms with Gasteiger partial charge in [-0.25, -0.2) is 4.57 Å². The van der Waals surface area contributed by atoms with E-state index in [1.165, 1.54) is 141 Å². The van der Waals surface area contributed by atoms with Gasteiger partial charge in [0.25, 0.3) is 0 Å². The lowest BCUT2D eigenvalue weighted by Gasteiger charge is -2.18. The van der Waals surface area contributed by atoms with E-state index in [1.54, 1.807) is 0 Å². The maximum Gasteiger partial charge on any atom is 0.469 e. The monoisotopic (exact) mass is 677 g/mol. The first-order chi connectivity index (χ1) is 22.3. The van der Waals surface area contributed by atoms with Gasteiger partial charge in [0.15, 0.2) is 6.10 Å². The topological polar surface area (TPSA) is 119 Å². The van der Waals surface area contributed by atoms with Gasteiger partial charge in [-0.15, -0.1) is 0 Å². The number of rotatable bonds is 36. The van der Waals surface area contributed by atoms with Crippen molar-refractivity contribution < 1.29 is 37.9 Å². The Hall–Kier alpha value is -0.950. The van der Waals surface area contributed by atoms with Gasteiger partial charge in [0, 0.05) is 12.8 Å². The molecular weight excluding hydrogens is 603 g/mol. The van der Waals surface area contributed by atoms with E-state index in [0.29, 0.717) is 6.42 Å². The van der Waals surface area contributed by atoms with Gasteiger partial charge in [0.05, 0.1) is 6.61 Å². The second-order valence-electron chi connectivity index (χ2n) is 13.3. The molecule has 0 amide bonds. The number of hydrogen-bond donors (Lipinski definition) is 2. The maximum atomic E-state index is 12.3. The van der Waals surface area contributed by atoms with E-state index < -0.39 is 32.5 Å². The van der Waals surface area contributed by atoms with Gasteiger partial charge < -0.3 is 19.3 Å². The maximum absolute atomic E-state index is 12.3. The van der Waals surface area contributed by atoms with E-state index in [4.69, 9.17) is 19.3 Å². The van der Waals surface area contributed by atoms with Crippen LogP contribution in [-0.4, -0.2) is 41.0 Å². The summed E-state index contributed by atoms with van der Waals surface area (Å²) in [5.74, 6) is -0.877. The standard InChI is InChI=1S/C37H73O8P/c1-3-5-7-9-11-13-14-15-16-17-18-19-20-21-22-23-24-26-28-30-32-37(39)45-35(34-44-46(40,41)42)33-43-36(38)31-29-27-25-12-10-8-6-4-2/h35H,3-34H2,1-2H3,(H2,40,41,42). The average molecular weight is 677 g/mol. The molecule has 0 saturated heterocycles. The van der Waals surface area contributed by atoms with Gasteiger partial charge in [-0.05, 0) is 12.8 Å². The summed E-state index contributed by atoms with van der Waals surface area (Å²) >= 11 is 0. The first kappa shape index (κ1) is 45.0. The number of phosphoric acid groups is 1. The zero-order valence-corrected chi connectivity index (χ0v) is 30.9. The highest BCUT2D eigenvalue weighted by atomic mass is 31.2. The van der Waals surface area contributed by atoms with Crippen LogP contribution >= 0.6 is 7.82 Å². The minimum Gasteiger partial charge on any atom is -0.462 e. The molecule has 0 fully saturated rings. The van der Waals surface area contributed by atoms with Crippen LogP contribution < -0.4 is 0 Å². The number of unbranched alkanes of at least 4 members (excludes halogenated alkanes) is 26. The molecule has 0 aliphatic carbocycles. The van der Waals surface area contributed by atoms with Crippen LogP contribution in [0.3, 0.4) is 0 Å². The molecule has 0 aliphatic rings. The van der Waals surface area contributed by atoms with Crippen LogP contribution in [-0.2, 0) is 28.2 Å². The molecule has 2 N–H and O–H groups in total. The second-order valence-corrected chi connectivity index (χ2v) is 14.5. The zero-order chi connectivity index (χ0) is 34.0. The van der Waals surface area contributed by atoms with Crippen LogP contribution in [0.1, 0.15) is 206 Å². The molecule has 0 heterocycles. The SMILES string of the molecule is CCCCCCCCCCCCCCCCCCCCCCC(=O)OC(COC(=O)CCCCCCCCCC)COP(=O)(O)O. The smallest absolute Gasteiger partial charge is 0.462 e. The largest absolute Gasteiger partial charge is 0.469 e. The highest BCUT2D eigenvalue weighted by Crippen LogP contribution is 2.36. The number of hydrogen-bond acceptors (Lipinski definition) is 6. The van der Waals surface area contributed by atoms with Crippen molar-refractivity contribution in [3.63, 3.8) is 0 Å². The molecule has 274 valence electrons.